The highest BCUT2D eigenvalue weighted by Crippen LogP contribution is 2.43. The molecule has 21 heavy (non-hydrogen) atoms. The fraction of sp³-hybridized carbons (Fsp3) is 0.467. The maximum absolute atomic E-state index is 12.5. The zero-order valence-corrected chi connectivity index (χ0v) is 12.5. The fourth-order valence-corrected chi connectivity index (χ4v) is 2.83. The topological polar surface area (TPSA) is 83.6 Å². The molecule has 1 fully saturated rings. The number of halogens is 1. The van der Waals surface area contributed by atoms with Gasteiger partial charge in [0, 0.05) is 17.1 Å². The molecule has 1 aromatic rings. The molecule has 3 N–H and O–H groups in total. The standard InChI is InChI=1S/C15H19ClN2O3/c16-11-3-1-4-12(7-11)18(9-14(20)21)13(19)8-15(10-17)5-2-6-15/h1,3-4,7H,2,5-6,8-10,17H2,(H,20,21). The van der Waals surface area contributed by atoms with Crippen molar-refractivity contribution in [2.45, 2.75) is 25.7 Å². The van der Waals surface area contributed by atoms with Gasteiger partial charge in [0.2, 0.25) is 5.91 Å². The van der Waals surface area contributed by atoms with E-state index in [0.717, 1.165) is 19.3 Å². The van der Waals surface area contributed by atoms with Crippen molar-refractivity contribution in [2.75, 3.05) is 18.0 Å². The maximum Gasteiger partial charge on any atom is 0.323 e. The SMILES string of the molecule is NCC1(CC(=O)N(CC(=O)O)c2cccc(Cl)c2)CCC1. The van der Waals surface area contributed by atoms with E-state index < -0.39 is 5.97 Å². The van der Waals surface area contributed by atoms with Crippen LogP contribution in [0, 0.1) is 5.41 Å². The Morgan fingerprint density at radius 2 is 2.10 bits per heavy atom. The number of aliphatic carboxylic acids is 1. The van der Waals surface area contributed by atoms with Crippen LogP contribution in [0.4, 0.5) is 5.69 Å². The number of anilines is 1. The van der Waals surface area contributed by atoms with Gasteiger partial charge in [-0.25, -0.2) is 0 Å². The van der Waals surface area contributed by atoms with Gasteiger partial charge >= 0.3 is 5.97 Å². The summed E-state index contributed by atoms with van der Waals surface area (Å²) in [4.78, 5) is 24.8. The third kappa shape index (κ3) is 3.74. The number of rotatable bonds is 6. The highest BCUT2D eigenvalue weighted by atomic mass is 35.5. The molecule has 2 rings (SSSR count). The number of hydrogen-bond donors (Lipinski definition) is 2. The molecule has 0 unspecified atom stereocenters. The normalized spacial score (nSPS) is 16.1. The molecule has 6 heteroatoms. The Morgan fingerprint density at radius 1 is 1.38 bits per heavy atom. The zero-order chi connectivity index (χ0) is 15.5. The third-order valence-electron chi connectivity index (χ3n) is 4.09. The Morgan fingerprint density at radius 3 is 2.57 bits per heavy atom. The van der Waals surface area contributed by atoms with E-state index in [1.54, 1.807) is 24.3 Å². The molecule has 0 radical (unpaired) electrons. The van der Waals surface area contributed by atoms with Crippen molar-refractivity contribution in [3.05, 3.63) is 29.3 Å². The Balaban J connectivity index is 2.19. The summed E-state index contributed by atoms with van der Waals surface area (Å²) >= 11 is 5.92. The van der Waals surface area contributed by atoms with Gasteiger partial charge in [-0.1, -0.05) is 24.1 Å². The smallest absolute Gasteiger partial charge is 0.323 e. The Bertz CT molecular complexity index is 538. The van der Waals surface area contributed by atoms with Crippen LogP contribution < -0.4 is 10.6 Å². The van der Waals surface area contributed by atoms with E-state index in [1.807, 2.05) is 0 Å². The number of hydrogen-bond acceptors (Lipinski definition) is 3. The van der Waals surface area contributed by atoms with Crippen LogP contribution in [0.2, 0.25) is 5.02 Å². The lowest BCUT2D eigenvalue weighted by Gasteiger charge is -2.41. The van der Waals surface area contributed by atoms with Gasteiger partial charge in [-0.15, -0.1) is 0 Å². The molecule has 1 aliphatic carbocycles. The Hall–Kier alpha value is -1.59. The first kappa shape index (κ1) is 15.8. The van der Waals surface area contributed by atoms with E-state index in [-0.39, 0.29) is 24.3 Å². The van der Waals surface area contributed by atoms with Crippen LogP contribution in [-0.4, -0.2) is 30.1 Å². The Kier molecular flexibility index (Phi) is 4.85. The zero-order valence-electron chi connectivity index (χ0n) is 11.7. The first-order valence-corrected chi connectivity index (χ1v) is 7.31. The van der Waals surface area contributed by atoms with Gasteiger partial charge in [0.15, 0.2) is 0 Å². The molecule has 0 saturated heterocycles. The molecule has 0 bridgehead atoms. The molecular formula is C15H19ClN2O3. The van der Waals surface area contributed by atoms with E-state index >= 15 is 0 Å². The summed E-state index contributed by atoms with van der Waals surface area (Å²) in [6, 6.07) is 6.66. The van der Waals surface area contributed by atoms with Crippen LogP contribution in [0.1, 0.15) is 25.7 Å². The van der Waals surface area contributed by atoms with Gasteiger partial charge in [-0.3, -0.25) is 9.59 Å². The highest BCUT2D eigenvalue weighted by Gasteiger charge is 2.39. The summed E-state index contributed by atoms with van der Waals surface area (Å²) in [7, 11) is 0. The molecule has 1 amide bonds. The van der Waals surface area contributed by atoms with Crippen LogP contribution in [0.5, 0.6) is 0 Å². The highest BCUT2D eigenvalue weighted by molar-refractivity contribution is 6.30. The quantitative estimate of drug-likeness (QED) is 0.844. The molecular weight excluding hydrogens is 292 g/mol. The molecule has 0 aliphatic heterocycles. The van der Waals surface area contributed by atoms with Gasteiger partial charge in [0.1, 0.15) is 6.54 Å². The van der Waals surface area contributed by atoms with Crippen molar-refractivity contribution in [3.8, 4) is 0 Å². The number of carbonyl (C=O) groups is 2. The van der Waals surface area contributed by atoms with Crippen LogP contribution >= 0.6 is 11.6 Å². The molecule has 0 atom stereocenters. The van der Waals surface area contributed by atoms with Gasteiger partial charge in [0.05, 0.1) is 0 Å². The van der Waals surface area contributed by atoms with Gasteiger partial charge in [-0.05, 0) is 43.0 Å². The summed E-state index contributed by atoms with van der Waals surface area (Å²) in [5.41, 5.74) is 6.11. The van der Waals surface area contributed by atoms with Crippen molar-refractivity contribution in [1.82, 2.24) is 0 Å². The van der Waals surface area contributed by atoms with Crippen molar-refractivity contribution in [3.63, 3.8) is 0 Å². The minimum absolute atomic E-state index is 0.160. The van der Waals surface area contributed by atoms with Crippen LogP contribution in [0.15, 0.2) is 24.3 Å². The number of nitrogens with two attached hydrogens (primary N) is 1. The summed E-state index contributed by atoms with van der Waals surface area (Å²) < 4.78 is 0. The average Bonchev–Trinajstić information content (AvgIpc) is 2.39. The summed E-state index contributed by atoms with van der Waals surface area (Å²) in [5.74, 6) is -1.27. The first-order valence-electron chi connectivity index (χ1n) is 6.94. The lowest BCUT2D eigenvalue weighted by Crippen LogP contribution is -2.44. The second-order valence-corrected chi connectivity index (χ2v) is 6.02. The molecule has 0 spiro atoms. The number of amides is 1. The van der Waals surface area contributed by atoms with Crippen molar-refractivity contribution in [1.29, 1.82) is 0 Å². The number of carbonyl (C=O) groups excluding carboxylic acids is 1. The lowest BCUT2D eigenvalue weighted by atomic mass is 9.66. The lowest BCUT2D eigenvalue weighted by molar-refractivity contribution is -0.137. The summed E-state index contributed by atoms with van der Waals surface area (Å²) in [6.45, 7) is 0.0784. The van der Waals surface area contributed by atoms with Crippen molar-refractivity contribution in [2.24, 2.45) is 11.1 Å². The van der Waals surface area contributed by atoms with E-state index in [4.69, 9.17) is 22.4 Å². The Labute approximate surface area is 128 Å². The number of nitrogens with zero attached hydrogens (tertiary/aromatic N) is 1. The van der Waals surface area contributed by atoms with Crippen LogP contribution in [0.25, 0.3) is 0 Å². The predicted octanol–water partition coefficient (Wildman–Crippen LogP) is 2.28. The predicted molar refractivity (Wildman–Crippen MR) is 81.4 cm³/mol. The summed E-state index contributed by atoms with van der Waals surface area (Å²) in [6.07, 6.45) is 3.20. The van der Waals surface area contributed by atoms with Crippen LogP contribution in [-0.2, 0) is 9.59 Å². The molecule has 5 nitrogen and oxygen atoms in total. The van der Waals surface area contributed by atoms with Crippen LogP contribution in [0.3, 0.4) is 0 Å². The molecule has 0 heterocycles. The molecule has 1 aromatic carbocycles. The van der Waals surface area contributed by atoms with Gasteiger partial charge in [0.25, 0.3) is 0 Å². The molecule has 1 aliphatic rings. The first-order chi connectivity index (χ1) is 9.96. The second-order valence-electron chi connectivity index (χ2n) is 5.59. The average molecular weight is 311 g/mol. The van der Waals surface area contributed by atoms with Gasteiger partial charge in [-0.2, -0.15) is 0 Å². The molecule has 1 saturated carbocycles. The minimum Gasteiger partial charge on any atom is -0.480 e. The fourth-order valence-electron chi connectivity index (χ4n) is 2.65. The third-order valence-corrected chi connectivity index (χ3v) is 4.32. The monoisotopic (exact) mass is 310 g/mol. The number of carboxylic acid groups (broad SMARTS) is 1. The number of carboxylic acids is 1. The van der Waals surface area contributed by atoms with E-state index in [1.165, 1.54) is 4.90 Å². The van der Waals surface area contributed by atoms with E-state index in [9.17, 15) is 9.59 Å². The van der Waals surface area contributed by atoms with E-state index in [0.29, 0.717) is 17.3 Å². The number of benzene rings is 1. The van der Waals surface area contributed by atoms with Gasteiger partial charge < -0.3 is 15.7 Å². The van der Waals surface area contributed by atoms with E-state index in [2.05, 4.69) is 0 Å². The molecule has 0 aromatic heterocycles. The van der Waals surface area contributed by atoms with Crippen molar-refractivity contribution < 1.29 is 14.7 Å². The summed E-state index contributed by atoms with van der Waals surface area (Å²) in [5, 5.41) is 9.50. The largest absolute Gasteiger partial charge is 0.480 e. The van der Waals surface area contributed by atoms with Crippen molar-refractivity contribution >= 4 is 29.2 Å². The minimum atomic E-state index is -1.06. The molecule has 114 valence electrons. The second kappa shape index (κ2) is 6.45. The maximum atomic E-state index is 12.5.